The molecule has 0 radical (unpaired) electrons. The van der Waals surface area contributed by atoms with Crippen LogP contribution in [-0.2, 0) is 0 Å². The van der Waals surface area contributed by atoms with Crippen LogP contribution in [0.1, 0.15) is 13.8 Å². The van der Waals surface area contributed by atoms with Gasteiger partial charge in [-0.1, -0.05) is 12.1 Å². The second-order valence-corrected chi connectivity index (χ2v) is 4.43. The van der Waals surface area contributed by atoms with Crippen molar-refractivity contribution in [1.29, 1.82) is 0 Å². The van der Waals surface area contributed by atoms with E-state index >= 15 is 0 Å². The Morgan fingerprint density at radius 2 is 2.00 bits per heavy atom. The van der Waals surface area contributed by atoms with E-state index in [0.717, 1.165) is 16.7 Å². The zero-order valence-corrected chi connectivity index (χ0v) is 10.7. The van der Waals surface area contributed by atoms with Gasteiger partial charge in [-0.3, -0.25) is 0 Å². The maximum absolute atomic E-state index is 9.17. The van der Waals surface area contributed by atoms with E-state index in [2.05, 4.69) is 23.8 Å². The van der Waals surface area contributed by atoms with E-state index in [1.54, 1.807) is 0 Å². The number of nitrogen functional groups attached to an aromatic ring is 1. The van der Waals surface area contributed by atoms with Gasteiger partial charge in [0.1, 0.15) is 5.82 Å². The van der Waals surface area contributed by atoms with Gasteiger partial charge in [0.2, 0.25) is 5.95 Å². The molecule has 1 aromatic carbocycles. The maximum atomic E-state index is 9.17. The molecule has 0 unspecified atom stereocenters. The molecule has 18 heavy (non-hydrogen) atoms. The van der Waals surface area contributed by atoms with E-state index in [4.69, 9.17) is 5.73 Å². The summed E-state index contributed by atoms with van der Waals surface area (Å²) < 4.78 is 0. The molecular formula is C13H18N4O. The first kappa shape index (κ1) is 12.6. The average Bonchev–Trinajstić information content (AvgIpc) is 2.34. The second kappa shape index (κ2) is 5.18. The van der Waals surface area contributed by atoms with Gasteiger partial charge in [-0.2, -0.15) is 4.98 Å². The molecule has 1 heterocycles. The highest BCUT2D eigenvalue weighted by atomic mass is 16.3. The summed E-state index contributed by atoms with van der Waals surface area (Å²) in [5.74, 6) is 1.04. The number of rotatable bonds is 4. The Bertz CT molecular complexity index is 542. The third kappa shape index (κ3) is 2.36. The van der Waals surface area contributed by atoms with E-state index < -0.39 is 0 Å². The van der Waals surface area contributed by atoms with Crippen LogP contribution in [0.5, 0.6) is 0 Å². The molecule has 0 fully saturated rings. The third-order valence-electron chi connectivity index (χ3n) is 2.84. The summed E-state index contributed by atoms with van der Waals surface area (Å²) in [5, 5.41) is 10.1. The van der Waals surface area contributed by atoms with E-state index in [1.165, 1.54) is 0 Å². The number of fused-ring (bicyclic) bond motifs is 1. The van der Waals surface area contributed by atoms with Gasteiger partial charge in [0.05, 0.1) is 12.1 Å². The van der Waals surface area contributed by atoms with Crippen molar-refractivity contribution >= 4 is 22.7 Å². The van der Waals surface area contributed by atoms with Crippen LogP contribution in [0, 0.1) is 0 Å². The largest absolute Gasteiger partial charge is 0.395 e. The lowest BCUT2D eigenvalue weighted by Crippen LogP contribution is -2.34. The average molecular weight is 246 g/mol. The topological polar surface area (TPSA) is 75.3 Å². The summed E-state index contributed by atoms with van der Waals surface area (Å²) in [5.41, 5.74) is 6.57. The molecule has 0 aliphatic carbocycles. The SMILES string of the molecule is CC(C)N(CCO)c1nc(N)nc2ccccc12. The lowest BCUT2D eigenvalue weighted by molar-refractivity contribution is 0.299. The van der Waals surface area contributed by atoms with Gasteiger partial charge in [0.25, 0.3) is 0 Å². The van der Waals surface area contributed by atoms with Gasteiger partial charge in [0, 0.05) is 18.0 Å². The Balaban J connectivity index is 2.60. The summed E-state index contributed by atoms with van der Waals surface area (Å²) in [6.45, 7) is 4.72. The highest BCUT2D eigenvalue weighted by molar-refractivity contribution is 5.90. The number of nitrogens with two attached hydrogens (primary N) is 1. The molecule has 96 valence electrons. The van der Waals surface area contributed by atoms with Crippen molar-refractivity contribution in [2.24, 2.45) is 0 Å². The molecule has 1 aromatic heterocycles. The van der Waals surface area contributed by atoms with Crippen molar-refractivity contribution in [1.82, 2.24) is 9.97 Å². The molecule has 0 atom stereocenters. The molecule has 5 heteroatoms. The first-order valence-corrected chi connectivity index (χ1v) is 6.03. The minimum atomic E-state index is 0.0798. The third-order valence-corrected chi connectivity index (χ3v) is 2.84. The number of nitrogens with zero attached hydrogens (tertiary/aromatic N) is 3. The number of benzene rings is 1. The fraction of sp³-hybridized carbons (Fsp3) is 0.385. The molecule has 0 saturated heterocycles. The predicted molar refractivity (Wildman–Crippen MR) is 73.5 cm³/mol. The highest BCUT2D eigenvalue weighted by Crippen LogP contribution is 2.25. The van der Waals surface area contributed by atoms with Crippen LogP contribution >= 0.6 is 0 Å². The summed E-state index contributed by atoms with van der Waals surface area (Å²) in [6.07, 6.45) is 0. The monoisotopic (exact) mass is 246 g/mol. The maximum Gasteiger partial charge on any atom is 0.222 e. The van der Waals surface area contributed by atoms with E-state index in [1.807, 2.05) is 29.2 Å². The molecule has 2 aromatic rings. The van der Waals surface area contributed by atoms with Gasteiger partial charge < -0.3 is 15.7 Å². The summed E-state index contributed by atoms with van der Waals surface area (Å²) in [7, 11) is 0. The quantitative estimate of drug-likeness (QED) is 0.853. The van der Waals surface area contributed by atoms with Crippen molar-refractivity contribution < 1.29 is 5.11 Å². The minimum Gasteiger partial charge on any atom is -0.395 e. The number of hydrogen-bond acceptors (Lipinski definition) is 5. The number of anilines is 2. The molecule has 0 saturated carbocycles. The zero-order valence-electron chi connectivity index (χ0n) is 10.7. The standard InChI is InChI=1S/C13H18N4O/c1-9(2)17(7-8-18)12-10-5-3-4-6-11(10)15-13(14)16-12/h3-6,9,18H,7-8H2,1-2H3,(H2,14,15,16). The van der Waals surface area contributed by atoms with Crippen LogP contribution in [-0.4, -0.2) is 34.3 Å². The van der Waals surface area contributed by atoms with Gasteiger partial charge in [-0.25, -0.2) is 4.98 Å². The Hall–Kier alpha value is -1.88. The van der Waals surface area contributed by atoms with Crippen LogP contribution in [0.25, 0.3) is 10.9 Å². The summed E-state index contributed by atoms with van der Waals surface area (Å²) in [6, 6.07) is 7.98. The van der Waals surface area contributed by atoms with Gasteiger partial charge in [0.15, 0.2) is 0 Å². The lowest BCUT2D eigenvalue weighted by atomic mass is 10.2. The normalized spacial score (nSPS) is 11.1. The first-order chi connectivity index (χ1) is 8.63. The Labute approximate surface area is 106 Å². The number of aliphatic hydroxyl groups is 1. The van der Waals surface area contributed by atoms with E-state index in [0.29, 0.717) is 6.54 Å². The molecular weight excluding hydrogens is 228 g/mol. The van der Waals surface area contributed by atoms with Crippen LogP contribution < -0.4 is 10.6 Å². The molecule has 0 bridgehead atoms. The fourth-order valence-corrected chi connectivity index (χ4v) is 2.01. The first-order valence-electron chi connectivity index (χ1n) is 6.03. The van der Waals surface area contributed by atoms with Gasteiger partial charge >= 0.3 is 0 Å². The van der Waals surface area contributed by atoms with E-state index in [9.17, 15) is 5.11 Å². The number of aromatic nitrogens is 2. The zero-order chi connectivity index (χ0) is 13.1. The Morgan fingerprint density at radius 3 is 2.67 bits per heavy atom. The molecule has 2 rings (SSSR count). The van der Waals surface area contributed by atoms with Crippen LogP contribution in [0.3, 0.4) is 0 Å². The Morgan fingerprint density at radius 1 is 1.28 bits per heavy atom. The van der Waals surface area contributed by atoms with Crippen molar-refractivity contribution in [2.75, 3.05) is 23.8 Å². The summed E-state index contributed by atoms with van der Waals surface area (Å²) >= 11 is 0. The fourth-order valence-electron chi connectivity index (χ4n) is 2.01. The Kier molecular flexibility index (Phi) is 3.62. The second-order valence-electron chi connectivity index (χ2n) is 4.43. The van der Waals surface area contributed by atoms with Crippen molar-refractivity contribution in [3.05, 3.63) is 24.3 Å². The molecule has 0 aliphatic rings. The van der Waals surface area contributed by atoms with Crippen molar-refractivity contribution in [3.8, 4) is 0 Å². The molecule has 3 N–H and O–H groups in total. The van der Waals surface area contributed by atoms with Crippen LogP contribution in [0.4, 0.5) is 11.8 Å². The van der Waals surface area contributed by atoms with Gasteiger partial charge in [-0.05, 0) is 26.0 Å². The van der Waals surface area contributed by atoms with Gasteiger partial charge in [-0.15, -0.1) is 0 Å². The number of para-hydroxylation sites is 1. The van der Waals surface area contributed by atoms with Crippen LogP contribution in [0.15, 0.2) is 24.3 Å². The number of hydrogen-bond donors (Lipinski definition) is 2. The molecule has 0 spiro atoms. The molecule has 5 nitrogen and oxygen atoms in total. The predicted octanol–water partition coefficient (Wildman–Crippen LogP) is 1.42. The highest BCUT2D eigenvalue weighted by Gasteiger charge is 2.15. The van der Waals surface area contributed by atoms with E-state index in [-0.39, 0.29) is 18.6 Å². The molecule has 0 aliphatic heterocycles. The summed E-state index contributed by atoms with van der Waals surface area (Å²) in [4.78, 5) is 10.6. The minimum absolute atomic E-state index is 0.0798. The van der Waals surface area contributed by atoms with Crippen molar-refractivity contribution in [3.63, 3.8) is 0 Å². The van der Waals surface area contributed by atoms with Crippen molar-refractivity contribution in [2.45, 2.75) is 19.9 Å². The smallest absolute Gasteiger partial charge is 0.222 e. The number of aliphatic hydroxyl groups excluding tert-OH is 1. The lowest BCUT2D eigenvalue weighted by Gasteiger charge is -2.28. The molecule has 0 amide bonds. The van der Waals surface area contributed by atoms with Crippen LogP contribution in [0.2, 0.25) is 0 Å².